The summed E-state index contributed by atoms with van der Waals surface area (Å²) in [5, 5.41) is 10.2. The lowest BCUT2D eigenvalue weighted by Gasteiger charge is -2.09. The summed E-state index contributed by atoms with van der Waals surface area (Å²) in [7, 11) is 0. The normalized spacial score (nSPS) is 11.5. The lowest BCUT2D eigenvalue weighted by Crippen LogP contribution is -2.23. The molecule has 0 aliphatic heterocycles. The van der Waals surface area contributed by atoms with Gasteiger partial charge < -0.3 is 9.84 Å². The third-order valence-corrected chi connectivity index (χ3v) is 4.24. The van der Waals surface area contributed by atoms with Gasteiger partial charge in [0.25, 0.3) is 0 Å². The number of thiophene rings is 1. The first-order chi connectivity index (χ1) is 12.4. The number of hydrogen-bond donors (Lipinski definition) is 1. The van der Waals surface area contributed by atoms with Crippen LogP contribution in [-0.2, 0) is 23.9 Å². The van der Waals surface area contributed by atoms with Gasteiger partial charge in [0, 0.05) is 30.3 Å². The number of hydrogen-bond acceptors (Lipinski definition) is 5. The molecule has 3 aromatic rings. The highest BCUT2D eigenvalue weighted by Crippen LogP contribution is 2.29. The molecule has 1 aromatic carbocycles. The van der Waals surface area contributed by atoms with E-state index < -0.39 is 11.7 Å². The zero-order valence-electron chi connectivity index (χ0n) is 13.4. The van der Waals surface area contributed by atoms with Gasteiger partial charge in [-0.3, -0.25) is 4.79 Å². The van der Waals surface area contributed by atoms with Crippen LogP contribution in [0.2, 0.25) is 0 Å². The van der Waals surface area contributed by atoms with Gasteiger partial charge in [0.2, 0.25) is 17.6 Å². The average Bonchev–Trinajstić information content (AvgIpc) is 3.29. The summed E-state index contributed by atoms with van der Waals surface area (Å²) in [6.45, 7) is 0.0206. The van der Waals surface area contributed by atoms with Crippen molar-refractivity contribution in [3.05, 3.63) is 58.1 Å². The van der Waals surface area contributed by atoms with E-state index in [0.717, 1.165) is 17.7 Å². The molecular weight excluding hydrogens is 367 g/mol. The van der Waals surface area contributed by atoms with Gasteiger partial charge in [-0.25, -0.2) is 0 Å². The first-order valence-corrected chi connectivity index (χ1v) is 8.64. The molecule has 2 aromatic heterocycles. The fraction of sp³-hybridized carbons (Fsp3) is 0.235. The molecule has 1 N–H and O–H groups in total. The predicted molar refractivity (Wildman–Crippen MR) is 89.2 cm³/mol. The molecular formula is C17H14F3N3O2S. The summed E-state index contributed by atoms with van der Waals surface area (Å²) < 4.78 is 43.1. The van der Waals surface area contributed by atoms with Crippen LogP contribution in [0.5, 0.6) is 0 Å². The predicted octanol–water partition coefficient (Wildman–Crippen LogP) is 4.07. The van der Waals surface area contributed by atoms with E-state index in [1.165, 1.54) is 23.5 Å². The van der Waals surface area contributed by atoms with E-state index in [9.17, 15) is 18.0 Å². The van der Waals surface area contributed by atoms with Crippen LogP contribution in [0.4, 0.5) is 13.2 Å². The first-order valence-electron chi connectivity index (χ1n) is 7.70. The van der Waals surface area contributed by atoms with Gasteiger partial charge in [-0.15, -0.1) is 0 Å². The second kappa shape index (κ2) is 7.69. The van der Waals surface area contributed by atoms with Gasteiger partial charge in [0.05, 0.1) is 5.56 Å². The van der Waals surface area contributed by atoms with E-state index in [0.29, 0.717) is 17.3 Å². The van der Waals surface area contributed by atoms with Gasteiger partial charge in [0.1, 0.15) is 0 Å². The molecule has 0 bridgehead atoms. The van der Waals surface area contributed by atoms with Gasteiger partial charge in [-0.2, -0.15) is 29.5 Å². The molecule has 136 valence electrons. The van der Waals surface area contributed by atoms with Crippen LogP contribution in [0.25, 0.3) is 11.4 Å². The van der Waals surface area contributed by atoms with Crippen LogP contribution in [0, 0.1) is 0 Å². The average molecular weight is 381 g/mol. The Morgan fingerprint density at radius 1 is 1.27 bits per heavy atom. The Morgan fingerprint density at radius 2 is 2.12 bits per heavy atom. The summed E-state index contributed by atoms with van der Waals surface area (Å²) in [5.74, 6) is 0.490. The third-order valence-electron chi connectivity index (χ3n) is 3.56. The number of amides is 1. The zero-order chi connectivity index (χ0) is 18.6. The lowest BCUT2D eigenvalue weighted by atomic mass is 10.1. The quantitative estimate of drug-likeness (QED) is 0.699. The third kappa shape index (κ3) is 4.69. The van der Waals surface area contributed by atoms with Crippen molar-refractivity contribution in [3.8, 4) is 11.4 Å². The highest BCUT2D eigenvalue weighted by Gasteiger charge is 2.30. The first kappa shape index (κ1) is 18.1. The van der Waals surface area contributed by atoms with Gasteiger partial charge in [-0.05, 0) is 29.1 Å². The van der Waals surface area contributed by atoms with Gasteiger partial charge in [0.15, 0.2) is 0 Å². The van der Waals surface area contributed by atoms with Crippen molar-refractivity contribution < 1.29 is 22.5 Å². The maximum atomic E-state index is 12.7. The SMILES string of the molecule is O=C(CCc1nc(-c2ccsc2)no1)NCc1cccc(C(F)(F)F)c1. The van der Waals surface area contributed by atoms with Crippen LogP contribution < -0.4 is 5.32 Å². The summed E-state index contributed by atoms with van der Waals surface area (Å²) in [5.41, 5.74) is 0.487. The summed E-state index contributed by atoms with van der Waals surface area (Å²) >= 11 is 1.51. The number of aryl methyl sites for hydroxylation is 1. The number of benzene rings is 1. The van der Waals surface area contributed by atoms with E-state index in [-0.39, 0.29) is 25.3 Å². The molecule has 26 heavy (non-hydrogen) atoms. The molecule has 0 fully saturated rings. The van der Waals surface area contributed by atoms with E-state index in [4.69, 9.17) is 4.52 Å². The maximum absolute atomic E-state index is 12.7. The minimum atomic E-state index is -4.40. The molecule has 0 radical (unpaired) electrons. The summed E-state index contributed by atoms with van der Waals surface area (Å²) in [4.78, 5) is 16.1. The number of carbonyl (C=O) groups is 1. The van der Waals surface area contributed by atoms with E-state index >= 15 is 0 Å². The molecule has 1 amide bonds. The zero-order valence-corrected chi connectivity index (χ0v) is 14.2. The van der Waals surface area contributed by atoms with Crippen molar-refractivity contribution in [3.63, 3.8) is 0 Å². The number of alkyl halides is 3. The van der Waals surface area contributed by atoms with E-state index in [1.807, 2.05) is 16.8 Å². The molecule has 9 heteroatoms. The molecule has 0 unspecified atom stereocenters. The summed E-state index contributed by atoms with van der Waals surface area (Å²) in [6, 6.07) is 6.72. The largest absolute Gasteiger partial charge is 0.416 e. The molecule has 0 saturated carbocycles. The molecule has 0 aliphatic rings. The second-order valence-electron chi connectivity index (χ2n) is 5.50. The topological polar surface area (TPSA) is 68.0 Å². The van der Waals surface area contributed by atoms with Crippen LogP contribution in [0.1, 0.15) is 23.4 Å². The molecule has 3 rings (SSSR count). The number of halogens is 3. The number of nitrogens with zero attached hydrogens (tertiary/aromatic N) is 2. The molecule has 0 atom stereocenters. The van der Waals surface area contributed by atoms with Crippen molar-refractivity contribution in [1.82, 2.24) is 15.5 Å². The van der Waals surface area contributed by atoms with Crippen LogP contribution in [0.3, 0.4) is 0 Å². The van der Waals surface area contributed by atoms with Crippen LogP contribution in [0.15, 0.2) is 45.6 Å². The molecule has 0 aliphatic carbocycles. The smallest absolute Gasteiger partial charge is 0.352 e. The Balaban J connectivity index is 1.49. The minimum Gasteiger partial charge on any atom is -0.352 e. The fourth-order valence-corrected chi connectivity index (χ4v) is 2.87. The number of nitrogens with one attached hydrogen (secondary N) is 1. The monoisotopic (exact) mass is 381 g/mol. The van der Waals surface area contributed by atoms with Crippen molar-refractivity contribution >= 4 is 17.2 Å². The maximum Gasteiger partial charge on any atom is 0.416 e. The standard InChI is InChI=1S/C17H14F3N3O2S/c18-17(19,20)13-3-1-2-11(8-13)9-21-14(24)4-5-15-22-16(23-25-15)12-6-7-26-10-12/h1-3,6-8,10H,4-5,9H2,(H,21,24). The van der Waals surface area contributed by atoms with Crippen molar-refractivity contribution in [2.75, 3.05) is 0 Å². The lowest BCUT2D eigenvalue weighted by molar-refractivity contribution is -0.137. The fourth-order valence-electron chi connectivity index (χ4n) is 2.23. The Labute approximate surface area is 150 Å². The van der Waals surface area contributed by atoms with Gasteiger partial charge in [-0.1, -0.05) is 17.3 Å². The molecule has 5 nitrogen and oxygen atoms in total. The number of rotatable bonds is 6. The van der Waals surface area contributed by atoms with Crippen molar-refractivity contribution in [2.24, 2.45) is 0 Å². The highest BCUT2D eigenvalue weighted by molar-refractivity contribution is 7.08. The molecule has 2 heterocycles. The van der Waals surface area contributed by atoms with Crippen molar-refractivity contribution in [1.29, 1.82) is 0 Å². The number of aromatic nitrogens is 2. The van der Waals surface area contributed by atoms with E-state index in [2.05, 4.69) is 15.5 Å². The Kier molecular flexibility index (Phi) is 5.36. The Morgan fingerprint density at radius 3 is 2.85 bits per heavy atom. The number of carbonyl (C=O) groups excluding carboxylic acids is 1. The molecule has 0 spiro atoms. The van der Waals surface area contributed by atoms with Gasteiger partial charge >= 0.3 is 6.18 Å². The van der Waals surface area contributed by atoms with Crippen molar-refractivity contribution in [2.45, 2.75) is 25.6 Å². The van der Waals surface area contributed by atoms with Crippen LogP contribution in [-0.4, -0.2) is 16.0 Å². The second-order valence-corrected chi connectivity index (χ2v) is 6.28. The Bertz CT molecular complexity index is 876. The highest BCUT2D eigenvalue weighted by atomic mass is 32.1. The minimum absolute atomic E-state index is 0.0206. The van der Waals surface area contributed by atoms with Crippen LogP contribution >= 0.6 is 11.3 Å². The summed E-state index contributed by atoms with van der Waals surface area (Å²) in [6.07, 6.45) is -4.05. The molecule has 0 saturated heterocycles. The Hall–Kier alpha value is -2.68. The van der Waals surface area contributed by atoms with E-state index in [1.54, 1.807) is 0 Å².